The molecule has 0 aliphatic rings. The van der Waals surface area contributed by atoms with Gasteiger partial charge in [0.05, 0.1) is 51.9 Å². The molecule has 0 bridgehead atoms. The summed E-state index contributed by atoms with van der Waals surface area (Å²) in [4.78, 5) is 40.3. The number of H-pyrrole nitrogens is 1. The zero-order chi connectivity index (χ0) is 27.7. The van der Waals surface area contributed by atoms with E-state index in [0.717, 1.165) is 21.5 Å². The molecular formula is C29H27N5O4S. The molecule has 198 valence electrons. The number of ether oxygens (including phenoxy) is 1. The summed E-state index contributed by atoms with van der Waals surface area (Å²) in [6.45, 7) is 0.303. The third-order valence-corrected chi connectivity index (χ3v) is 7.15. The lowest BCUT2D eigenvalue weighted by Crippen LogP contribution is -2.34. The highest BCUT2D eigenvalue weighted by molar-refractivity contribution is 7.16. The maximum Gasteiger partial charge on any atom is 0.337 e. The average Bonchev–Trinajstić information content (AvgIpc) is 3.53. The van der Waals surface area contributed by atoms with Crippen molar-refractivity contribution < 1.29 is 19.4 Å². The van der Waals surface area contributed by atoms with Crippen LogP contribution in [0.3, 0.4) is 0 Å². The minimum Gasteiger partial charge on any atom is -0.494 e. The summed E-state index contributed by atoms with van der Waals surface area (Å²) < 4.78 is 5.88. The van der Waals surface area contributed by atoms with Gasteiger partial charge in [0, 0.05) is 29.2 Å². The second-order valence-electron chi connectivity index (χ2n) is 9.30. The first-order chi connectivity index (χ1) is 18.7. The first kappa shape index (κ1) is 26.1. The number of esters is 1. The number of nitrogens with zero attached hydrogens (tertiary/aromatic N) is 4. The Morgan fingerprint density at radius 2 is 1.77 bits per heavy atom. The summed E-state index contributed by atoms with van der Waals surface area (Å²) in [6, 6.07) is 18.3. The number of aromatic amines is 1. The van der Waals surface area contributed by atoms with Gasteiger partial charge in [-0.05, 0) is 62.6 Å². The lowest BCUT2D eigenvalue weighted by atomic mass is 9.99. The molecule has 2 N–H and O–H groups in total. The van der Waals surface area contributed by atoms with E-state index in [1.165, 1.54) is 7.11 Å². The van der Waals surface area contributed by atoms with Crippen LogP contribution in [0.5, 0.6) is 5.88 Å². The topological polar surface area (TPSA) is 111 Å². The van der Waals surface area contributed by atoms with E-state index in [1.807, 2.05) is 61.5 Å². The average molecular weight is 542 g/mol. The number of fused-ring (bicyclic) bond motifs is 2. The van der Waals surface area contributed by atoms with E-state index in [4.69, 9.17) is 9.73 Å². The number of rotatable bonds is 7. The number of benzene rings is 3. The van der Waals surface area contributed by atoms with Crippen LogP contribution < -0.4 is 4.90 Å². The standard InChI is InChI=1S/C29H27N5O4S/c1-33(2)15-25(35)34(3)20-9-7-19(8-10-20)31-27(17-6-12-24-23(13-17)30-16-39-24)26-21-11-5-18(29(37)38-4)14-22(21)32-28(26)36/h5-14,16,32,36H,15H2,1-4H3. The third-order valence-electron chi connectivity index (χ3n) is 6.34. The Labute approximate surface area is 229 Å². The molecule has 39 heavy (non-hydrogen) atoms. The normalized spacial score (nSPS) is 11.9. The SMILES string of the molecule is COC(=O)c1ccc2c(C(=Nc3ccc(N(C)C(=O)CN(C)C)cc3)c3ccc4scnc4c3)c(O)[nH]c2c1. The van der Waals surface area contributed by atoms with Gasteiger partial charge in [-0.25, -0.2) is 14.8 Å². The first-order valence-electron chi connectivity index (χ1n) is 12.1. The molecule has 0 radical (unpaired) electrons. The second kappa shape index (κ2) is 10.7. The highest BCUT2D eigenvalue weighted by Crippen LogP contribution is 2.33. The van der Waals surface area contributed by atoms with Crippen LogP contribution >= 0.6 is 11.3 Å². The van der Waals surface area contributed by atoms with E-state index in [2.05, 4.69) is 9.97 Å². The van der Waals surface area contributed by atoms with Crippen molar-refractivity contribution in [3.05, 3.63) is 82.9 Å². The number of methoxy groups -OCH3 is 1. The van der Waals surface area contributed by atoms with Crippen molar-refractivity contribution in [1.29, 1.82) is 0 Å². The van der Waals surface area contributed by atoms with Crippen LogP contribution in [0.4, 0.5) is 11.4 Å². The van der Waals surface area contributed by atoms with Crippen molar-refractivity contribution in [2.75, 3.05) is 39.7 Å². The molecule has 0 atom stereocenters. The maximum atomic E-state index is 12.5. The van der Waals surface area contributed by atoms with Gasteiger partial charge in [0.1, 0.15) is 0 Å². The Morgan fingerprint density at radius 3 is 2.49 bits per heavy atom. The largest absolute Gasteiger partial charge is 0.494 e. The monoisotopic (exact) mass is 541 g/mol. The first-order valence-corrected chi connectivity index (χ1v) is 13.0. The van der Waals surface area contributed by atoms with Gasteiger partial charge in [-0.15, -0.1) is 11.3 Å². The predicted octanol–water partition coefficient (Wildman–Crippen LogP) is 4.96. The van der Waals surface area contributed by atoms with Gasteiger partial charge in [-0.3, -0.25) is 4.79 Å². The minimum atomic E-state index is -0.468. The summed E-state index contributed by atoms with van der Waals surface area (Å²) in [5.41, 5.74) is 6.74. The van der Waals surface area contributed by atoms with Crippen LogP contribution in [0.2, 0.25) is 0 Å². The highest BCUT2D eigenvalue weighted by atomic mass is 32.1. The van der Waals surface area contributed by atoms with Gasteiger partial charge in [0.25, 0.3) is 0 Å². The smallest absolute Gasteiger partial charge is 0.337 e. The fourth-order valence-electron chi connectivity index (χ4n) is 4.34. The van der Waals surface area contributed by atoms with Crippen molar-refractivity contribution in [3.8, 4) is 5.88 Å². The fourth-order valence-corrected chi connectivity index (χ4v) is 5.00. The summed E-state index contributed by atoms with van der Waals surface area (Å²) in [5, 5.41) is 11.7. The molecule has 5 aromatic rings. The molecule has 2 heterocycles. The fraction of sp³-hybridized carbons (Fsp3) is 0.172. The van der Waals surface area contributed by atoms with Crippen LogP contribution in [0.25, 0.3) is 21.1 Å². The van der Waals surface area contributed by atoms with Gasteiger partial charge in [0.2, 0.25) is 5.91 Å². The summed E-state index contributed by atoms with van der Waals surface area (Å²) in [5.74, 6) is -0.567. The minimum absolute atomic E-state index is 0.0245. The zero-order valence-electron chi connectivity index (χ0n) is 21.9. The molecule has 9 nitrogen and oxygen atoms in total. The summed E-state index contributed by atoms with van der Waals surface area (Å²) >= 11 is 1.55. The van der Waals surface area contributed by atoms with Crippen molar-refractivity contribution in [2.24, 2.45) is 4.99 Å². The van der Waals surface area contributed by atoms with Gasteiger partial charge < -0.3 is 24.6 Å². The lowest BCUT2D eigenvalue weighted by molar-refractivity contribution is -0.118. The number of amides is 1. The van der Waals surface area contributed by atoms with Crippen molar-refractivity contribution in [2.45, 2.75) is 0 Å². The van der Waals surface area contributed by atoms with Gasteiger partial charge in [-0.1, -0.05) is 12.1 Å². The van der Waals surface area contributed by atoms with Crippen molar-refractivity contribution >= 4 is 61.4 Å². The quantitative estimate of drug-likeness (QED) is 0.223. The number of anilines is 1. The predicted molar refractivity (Wildman–Crippen MR) is 155 cm³/mol. The molecule has 5 rings (SSSR count). The molecule has 0 saturated heterocycles. The van der Waals surface area contributed by atoms with E-state index >= 15 is 0 Å². The van der Waals surface area contributed by atoms with Crippen LogP contribution in [-0.4, -0.2) is 72.4 Å². The third kappa shape index (κ3) is 5.25. The number of hydrogen-bond acceptors (Lipinski definition) is 8. The Balaban J connectivity index is 1.61. The molecule has 1 amide bonds. The Bertz CT molecular complexity index is 1720. The van der Waals surface area contributed by atoms with Crippen LogP contribution in [0.1, 0.15) is 21.5 Å². The van der Waals surface area contributed by atoms with Crippen LogP contribution in [0.15, 0.2) is 71.2 Å². The molecule has 0 unspecified atom stereocenters. The zero-order valence-corrected chi connectivity index (χ0v) is 22.7. The molecule has 0 aliphatic heterocycles. The van der Waals surface area contributed by atoms with Crippen molar-refractivity contribution in [3.63, 3.8) is 0 Å². The molecule has 2 aromatic heterocycles. The number of thiazole rings is 1. The molecule has 0 fully saturated rings. The van der Waals surface area contributed by atoms with Gasteiger partial charge in [-0.2, -0.15) is 0 Å². The molecule has 3 aromatic carbocycles. The molecule has 0 spiro atoms. The van der Waals surface area contributed by atoms with E-state index in [-0.39, 0.29) is 11.8 Å². The van der Waals surface area contributed by atoms with Crippen molar-refractivity contribution in [1.82, 2.24) is 14.9 Å². The maximum absolute atomic E-state index is 12.5. The molecule has 10 heteroatoms. The summed E-state index contributed by atoms with van der Waals surface area (Å²) in [6.07, 6.45) is 0. The number of aliphatic imine (C=N–C) groups is 1. The lowest BCUT2D eigenvalue weighted by Gasteiger charge is -2.19. The Morgan fingerprint density at radius 1 is 1.03 bits per heavy atom. The van der Waals surface area contributed by atoms with Crippen LogP contribution in [0, 0.1) is 0 Å². The van der Waals surface area contributed by atoms with E-state index in [9.17, 15) is 14.7 Å². The molecule has 0 saturated carbocycles. The highest BCUT2D eigenvalue weighted by Gasteiger charge is 2.21. The second-order valence-corrected chi connectivity index (χ2v) is 10.2. The van der Waals surface area contributed by atoms with E-state index in [1.54, 1.807) is 47.0 Å². The molecule has 0 aliphatic carbocycles. The number of aromatic hydroxyl groups is 1. The number of likely N-dealkylation sites (N-methyl/N-ethyl adjacent to an activating group) is 2. The van der Waals surface area contributed by atoms with Gasteiger partial charge >= 0.3 is 5.97 Å². The number of carbonyl (C=O) groups excluding carboxylic acids is 2. The van der Waals surface area contributed by atoms with Crippen LogP contribution in [-0.2, 0) is 9.53 Å². The Hall–Kier alpha value is -4.54. The van der Waals surface area contributed by atoms with E-state index in [0.29, 0.717) is 40.0 Å². The number of carbonyl (C=O) groups is 2. The number of hydrogen-bond donors (Lipinski definition) is 2. The van der Waals surface area contributed by atoms with Gasteiger partial charge in [0.15, 0.2) is 5.88 Å². The number of nitrogens with one attached hydrogen (secondary N) is 1. The molecular weight excluding hydrogens is 514 g/mol. The Kier molecular flexibility index (Phi) is 7.14. The number of aromatic nitrogens is 2. The van der Waals surface area contributed by atoms with E-state index < -0.39 is 5.97 Å². The summed E-state index contributed by atoms with van der Waals surface area (Å²) in [7, 11) is 6.77.